The Hall–Kier alpha value is -1.81. The van der Waals surface area contributed by atoms with Crippen LogP contribution in [0.1, 0.15) is 0 Å². The molecule has 0 heterocycles. The Morgan fingerprint density at radius 2 is 1.78 bits per heavy atom. The van der Waals surface area contributed by atoms with Crippen LogP contribution < -0.4 is 4.74 Å². The van der Waals surface area contributed by atoms with Crippen LogP contribution >= 0.6 is 11.6 Å². The van der Waals surface area contributed by atoms with E-state index in [9.17, 15) is 13.9 Å². The van der Waals surface area contributed by atoms with Crippen LogP contribution in [0.15, 0.2) is 42.5 Å². The summed E-state index contributed by atoms with van der Waals surface area (Å²) in [6.07, 6.45) is 0. The smallest absolute Gasteiger partial charge is 0.387 e. The third kappa shape index (κ3) is 2.90. The minimum atomic E-state index is -2.91. The summed E-state index contributed by atoms with van der Waals surface area (Å²) >= 11 is 5.84. The van der Waals surface area contributed by atoms with Crippen molar-refractivity contribution in [2.75, 3.05) is 0 Å². The number of ether oxygens (including phenoxy) is 1. The van der Waals surface area contributed by atoms with Crippen LogP contribution in [0.5, 0.6) is 11.5 Å². The van der Waals surface area contributed by atoms with Crippen LogP contribution in [-0.4, -0.2) is 11.7 Å². The van der Waals surface area contributed by atoms with Crippen molar-refractivity contribution in [2.45, 2.75) is 6.61 Å². The normalized spacial score (nSPS) is 10.7. The molecule has 2 rings (SSSR count). The number of benzene rings is 2. The highest BCUT2D eigenvalue weighted by molar-refractivity contribution is 6.32. The first-order valence-corrected chi connectivity index (χ1v) is 5.48. The number of rotatable bonds is 3. The largest absolute Gasteiger partial charge is 0.508 e. The Balaban J connectivity index is 2.34. The molecule has 0 saturated carbocycles. The fourth-order valence-electron chi connectivity index (χ4n) is 1.56. The van der Waals surface area contributed by atoms with Crippen LogP contribution in [0.25, 0.3) is 11.1 Å². The quantitative estimate of drug-likeness (QED) is 0.900. The Morgan fingerprint density at radius 1 is 1.06 bits per heavy atom. The Labute approximate surface area is 107 Å². The van der Waals surface area contributed by atoms with Crippen LogP contribution in [-0.2, 0) is 0 Å². The van der Waals surface area contributed by atoms with Gasteiger partial charge in [0.2, 0.25) is 0 Å². The molecule has 0 radical (unpaired) electrons. The lowest BCUT2D eigenvalue weighted by Gasteiger charge is -2.08. The van der Waals surface area contributed by atoms with E-state index in [0.29, 0.717) is 5.56 Å². The molecule has 0 aliphatic rings. The predicted molar refractivity (Wildman–Crippen MR) is 65.2 cm³/mol. The highest BCUT2D eigenvalue weighted by Crippen LogP contribution is 2.32. The summed E-state index contributed by atoms with van der Waals surface area (Å²) in [5.41, 5.74) is 1.44. The van der Waals surface area contributed by atoms with Crippen molar-refractivity contribution < 1.29 is 18.6 Å². The number of aromatic hydroxyl groups is 1. The van der Waals surface area contributed by atoms with Gasteiger partial charge in [0.15, 0.2) is 0 Å². The van der Waals surface area contributed by atoms with Gasteiger partial charge in [0.1, 0.15) is 11.5 Å². The van der Waals surface area contributed by atoms with Gasteiger partial charge in [-0.25, -0.2) is 0 Å². The number of halogens is 3. The number of alkyl halides is 2. The van der Waals surface area contributed by atoms with E-state index >= 15 is 0 Å². The SMILES string of the molecule is Oc1cccc(-c2ccc(OC(F)F)c(Cl)c2)c1. The molecule has 0 atom stereocenters. The molecule has 0 amide bonds. The van der Waals surface area contributed by atoms with Gasteiger partial charge in [0, 0.05) is 0 Å². The van der Waals surface area contributed by atoms with Crippen molar-refractivity contribution in [1.29, 1.82) is 0 Å². The summed E-state index contributed by atoms with van der Waals surface area (Å²) in [4.78, 5) is 0. The van der Waals surface area contributed by atoms with Gasteiger partial charge >= 0.3 is 6.61 Å². The minimum Gasteiger partial charge on any atom is -0.508 e. The number of hydrogen-bond acceptors (Lipinski definition) is 2. The maximum absolute atomic E-state index is 12.1. The summed E-state index contributed by atoms with van der Waals surface area (Å²) in [7, 11) is 0. The van der Waals surface area contributed by atoms with Crippen molar-refractivity contribution in [2.24, 2.45) is 0 Å². The molecule has 2 aromatic carbocycles. The van der Waals surface area contributed by atoms with Crippen LogP contribution in [0.2, 0.25) is 5.02 Å². The van der Waals surface area contributed by atoms with Gasteiger partial charge in [-0.2, -0.15) is 8.78 Å². The van der Waals surface area contributed by atoms with Gasteiger partial charge in [-0.3, -0.25) is 0 Å². The second-order valence-corrected chi connectivity index (χ2v) is 3.98. The van der Waals surface area contributed by atoms with Crippen LogP contribution in [0.3, 0.4) is 0 Å². The second-order valence-electron chi connectivity index (χ2n) is 3.57. The highest BCUT2D eigenvalue weighted by atomic mass is 35.5. The average Bonchev–Trinajstić information content (AvgIpc) is 2.31. The number of hydrogen-bond donors (Lipinski definition) is 1. The first kappa shape index (κ1) is 12.6. The Bertz CT molecular complexity index is 558. The van der Waals surface area contributed by atoms with Crippen LogP contribution in [0, 0.1) is 0 Å². The van der Waals surface area contributed by atoms with Gasteiger partial charge in [-0.15, -0.1) is 0 Å². The van der Waals surface area contributed by atoms with Crippen LogP contribution in [0.4, 0.5) is 8.78 Å². The fraction of sp³-hybridized carbons (Fsp3) is 0.0769. The average molecular weight is 271 g/mol. The number of phenols is 1. The first-order chi connectivity index (χ1) is 8.56. The van der Waals surface area contributed by atoms with E-state index in [0.717, 1.165) is 5.56 Å². The third-order valence-electron chi connectivity index (χ3n) is 2.33. The maximum atomic E-state index is 12.1. The van der Waals surface area contributed by atoms with E-state index in [-0.39, 0.29) is 16.5 Å². The molecule has 18 heavy (non-hydrogen) atoms. The zero-order valence-corrected chi connectivity index (χ0v) is 9.86. The fourth-order valence-corrected chi connectivity index (χ4v) is 1.78. The highest BCUT2D eigenvalue weighted by Gasteiger charge is 2.09. The molecule has 94 valence electrons. The molecule has 0 aliphatic carbocycles. The monoisotopic (exact) mass is 270 g/mol. The molecular formula is C13H9ClF2O2. The molecule has 1 N–H and O–H groups in total. The second kappa shape index (κ2) is 5.23. The summed E-state index contributed by atoms with van der Waals surface area (Å²) in [5.74, 6) is 0.0482. The molecule has 0 bridgehead atoms. The topological polar surface area (TPSA) is 29.5 Å². The van der Waals surface area contributed by atoms with E-state index in [1.165, 1.54) is 12.1 Å². The first-order valence-electron chi connectivity index (χ1n) is 5.10. The molecule has 0 unspecified atom stereocenters. The summed E-state index contributed by atoms with van der Waals surface area (Å²) < 4.78 is 28.4. The van der Waals surface area contributed by atoms with Crippen molar-refractivity contribution in [3.8, 4) is 22.6 Å². The zero-order valence-electron chi connectivity index (χ0n) is 9.11. The van der Waals surface area contributed by atoms with Crippen molar-refractivity contribution in [3.63, 3.8) is 0 Å². The minimum absolute atomic E-state index is 0.0735. The van der Waals surface area contributed by atoms with Crippen molar-refractivity contribution >= 4 is 11.6 Å². The molecule has 5 heteroatoms. The Morgan fingerprint density at radius 3 is 2.39 bits per heavy atom. The standard InChI is InChI=1S/C13H9ClF2O2/c14-11-7-9(4-5-12(11)18-13(15)16)8-2-1-3-10(17)6-8/h1-7,13,17H. The molecule has 0 aromatic heterocycles. The summed E-state index contributed by atoms with van der Waals surface area (Å²) in [5, 5.41) is 9.45. The Kier molecular flexibility index (Phi) is 3.67. The molecule has 0 aliphatic heterocycles. The van der Waals surface area contributed by atoms with E-state index in [1.54, 1.807) is 30.3 Å². The molecule has 0 fully saturated rings. The number of phenolic OH excluding ortho intramolecular Hbond substituents is 1. The van der Waals surface area contributed by atoms with Gasteiger partial charge in [0.05, 0.1) is 5.02 Å². The lowest BCUT2D eigenvalue weighted by molar-refractivity contribution is -0.0497. The molecule has 0 saturated heterocycles. The molecule has 2 nitrogen and oxygen atoms in total. The lowest BCUT2D eigenvalue weighted by atomic mass is 10.1. The maximum Gasteiger partial charge on any atom is 0.387 e. The van der Waals surface area contributed by atoms with E-state index < -0.39 is 6.61 Å². The zero-order chi connectivity index (χ0) is 13.1. The van der Waals surface area contributed by atoms with E-state index in [4.69, 9.17) is 11.6 Å². The lowest BCUT2D eigenvalue weighted by Crippen LogP contribution is -2.02. The van der Waals surface area contributed by atoms with E-state index in [1.807, 2.05) is 0 Å². The predicted octanol–water partition coefficient (Wildman–Crippen LogP) is 4.31. The summed E-state index contributed by atoms with van der Waals surface area (Å²) in [6, 6.07) is 11.0. The van der Waals surface area contributed by atoms with Crippen molar-refractivity contribution in [3.05, 3.63) is 47.5 Å². The molecular weight excluding hydrogens is 262 g/mol. The summed E-state index contributed by atoms with van der Waals surface area (Å²) in [6.45, 7) is -2.91. The van der Waals surface area contributed by atoms with Crippen molar-refractivity contribution in [1.82, 2.24) is 0 Å². The third-order valence-corrected chi connectivity index (χ3v) is 2.62. The van der Waals surface area contributed by atoms with Gasteiger partial charge in [-0.1, -0.05) is 29.8 Å². The van der Waals surface area contributed by atoms with Gasteiger partial charge in [0.25, 0.3) is 0 Å². The molecule has 2 aromatic rings. The van der Waals surface area contributed by atoms with E-state index in [2.05, 4.69) is 4.74 Å². The van der Waals surface area contributed by atoms with Gasteiger partial charge in [-0.05, 0) is 35.4 Å². The molecule has 0 spiro atoms. The van der Waals surface area contributed by atoms with Gasteiger partial charge < -0.3 is 9.84 Å².